The van der Waals surface area contributed by atoms with Crippen LogP contribution in [0.2, 0.25) is 5.02 Å². The number of sulfonamides is 1. The summed E-state index contributed by atoms with van der Waals surface area (Å²) in [5.41, 5.74) is 0.597. The minimum Gasteiger partial charge on any atom is -0.320 e. The molecule has 0 unspecified atom stereocenters. The van der Waals surface area contributed by atoms with Crippen molar-refractivity contribution in [3.05, 3.63) is 28.8 Å². The van der Waals surface area contributed by atoms with E-state index in [1.165, 1.54) is 4.31 Å². The summed E-state index contributed by atoms with van der Waals surface area (Å²) in [5, 5.41) is 3.46. The number of rotatable bonds is 6. The summed E-state index contributed by atoms with van der Waals surface area (Å²) in [6, 6.07) is 4.94. The van der Waals surface area contributed by atoms with Gasteiger partial charge in [0.05, 0.1) is 4.90 Å². The minimum atomic E-state index is -3.45. The molecule has 18 heavy (non-hydrogen) atoms. The third-order valence-corrected chi connectivity index (χ3v) is 5.22. The Morgan fingerprint density at radius 3 is 2.67 bits per heavy atom. The fourth-order valence-corrected chi connectivity index (χ4v) is 3.32. The molecule has 0 atom stereocenters. The van der Waals surface area contributed by atoms with Crippen LogP contribution >= 0.6 is 11.6 Å². The summed E-state index contributed by atoms with van der Waals surface area (Å²) in [6.07, 6.45) is 0.770. The van der Waals surface area contributed by atoms with Crippen molar-refractivity contribution < 1.29 is 8.42 Å². The van der Waals surface area contributed by atoms with Gasteiger partial charge in [0, 0.05) is 18.6 Å². The first-order valence-corrected chi connectivity index (χ1v) is 7.59. The van der Waals surface area contributed by atoms with Crippen LogP contribution in [0, 0.1) is 6.92 Å². The molecule has 0 saturated heterocycles. The second-order valence-electron chi connectivity index (χ2n) is 4.15. The highest BCUT2D eigenvalue weighted by molar-refractivity contribution is 7.89. The molecule has 0 fully saturated rings. The average Bonchev–Trinajstić information content (AvgIpc) is 2.32. The monoisotopic (exact) mass is 290 g/mol. The Morgan fingerprint density at radius 2 is 2.06 bits per heavy atom. The molecule has 1 aromatic carbocycles. The van der Waals surface area contributed by atoms with E-state index in [0.29, 0.717) is 17.1 Å². The number of benzene rings is 1. The highest BCUT2D eigenvalue weighted by atomic mass is 35.5. The Hall–Kier alpha value is -0.620. The third-order valence-electron chi connectivity index (χ3n) is 2.81. The molecule has 6 heteroatoms. The zero-order valence-corrected chi connectivity index (χ0v) is 12.5. The number of hydrogen-bond donors (Lipinski definition) is 1. The number of halogens is 1. The van der Waals surface area contributed by atoms with Crippen LogP contribution in [0.5, 0.6) is 0 Å². The van der Waals surface area contributed by atoms with E-state index in [4.69, 9.17) is 11.6 Å². The molecule has 1 aromatic rings. The molecule has 0 radical (unpaired) electrons. The summed E-state index contributed by atoms with van der Waals surface area (Å²) >= 11 is 5.96. The van der Waals surface area contributed by atoms with Gasteiger partial charge >= 0.3 is 0 Å². The SMILES string of the molecule is CNCCCN(C)S(=O)(=O)c1cccc(Cl)c1C. The fraction of sp³-hybridized carbons (Fsp3) is 0.500. The smallest absolute Gasteiger partial charge is 0.243 e. The van der Waals surface area contributed by atoms with E-state index in [0.717, 1.165) is 13.0 Å². The summed E-state index contributed by atoms with van der Waals surface area (Å²) in [4.78, 5) is 0.280. The van der Waals surface area contributed by atoms with Crippen LogP contribution in [-0.2, 0) is 10.0 Å². The molecule has 1 N–H and O–H groups in total. The van der Waals surface area contributed by atoms with Gasteiger partial charge in [-0.15, -0.1) is 0 Å². The van der Waals surface area contributed by atoms with Crippen molar-refractivity contribution in [3.8, 4) is 0 Å². The fourth-order valence-electron chi connectivity index (χ4n) is 1.63. The highest BCUT2D eigenvalue weighted by Gasteiger charge is 2.22. The van der Waals surface area contributed by atoms with Crippen LogP contribution in [0.15, 0.2) is 23.1 Å². The molecule has 4 nitrogen and oxygen atoms in total. The van der Waals surface area contributed by atoms with Gasteiger partial charge in [0.1, 0.15) is 0 Å². The number of nitrogens with one attached hydrogen (secondary N) is 1. The van der Waals surface area contributed by atoms with Crippen molar-refractivity contribution >= 4 is 21.6 Å². The quantitative estimate of drug-likeness (QED) is 0.814. The Labute approximate surface area is 114 Å². The first-order valence-electron chi connectivity index (χ1n) is 5.77. The van der Waals surface area contributed by atoms with E-state index in [-0.39, 0.29) is 4.90 Å². The molecule has 0 heterocycles. The molecule has 0 aliphatic carbocycles. The topological polar surface area (TPSA) is 49.4 Å². The Bertz CT molecular complexity index is 503. The van der Waals surface area contributed by atoms with Gasteiger partial charge in [-0.3, -0.25) is 0 Å². The maximum atomic E-state index is 12.3. The van der Waals surface area contributed by atoms with Gasteiger partial charge in [-0.1, -0.05) is 17.7 Å². The van der Waals surface area contributed by atoms with Gasteiger partial charge in [0.25, 0.3) is 0 Å². The summed E-state index contributed by atoms with van der Waals surface area (Å²) in [5.74, 6) is 0. The normalized spacial score (nSPS) is 12.1. The summed E-state index contributed by atoms with van der Waals surface area (Å²) in [7, 11) is -0.0200. The van der Waals surface area contributed by atoms with Gasteiger partial charge in [0.15, 0.2) is 0 Å². The van der Waals surface area contributed by atoms with Crippen LogP contribution in [0.3, 0.4) is 0 Å². The van der Waals surface area contributed by atoms with Crippen molar-refractivity contribution in [2.24, 2.45) is 0 Å². The van der Waals surface area contributed by atoms with E-state index in [9.17, 15) is 8.42 Å². The van der Waals surface area contributed by atoms with Crippen molar-refractivity contribution in [2.45, 2.75) is 18.2 Å². The second kappa shape index (κ2) is 6.52. The second-order valence-corrected chi connectivity index (χ2v) is 6.57. The predicted octanol–water partition coefficient (Wildman–Crippen LogP) is 1.88. The molecular formula is C12H19ClN2O2S. The van der Waals surface area contributed by atoms with Crippen LogP contribution in [0.4, 0.5) is 0 Å². The average molecular weight is 291 g/mol. The van der Waals surface area contributed by atoms with Gasteiger partial charge in [-0.05, 0) is 44.6 Å². The van der Waals surface area contributed by atoms with E-state index < -0.39 is 10.0 Å². The lowest BCUT2D eigenvalue weighted by Gasteiger charge is -2.18. The minimum absolute atomic E-state index is 0.280. The molecule has 0 saturated carbocycles. The summed E-state index contributed by atoms with van der Waals surface area (Å²) < 4.78 is 26.1. The van der Waals surface area contributed by atoms with Crippen LogP contribution in [0.25, 0.3) is 0 Å². The molecule has 102 valence electrons. The van der Waals surface area contributed by atoms with Crippen molar-refractivity contribution in [2.75, 3.05) is 27.2 Å². The van der Waals surface area contributed by atoms with E-state index in [2.05, 4.69) is 5.32 Å². The lowest BCUT2D eigenvalue weighted by atomic mass is 10.2. The molecule has 0 aromatic heterocycles. The van der Waals surface area contributed by atoms with Crippen molar-refractivity contribution in [1.82, 2.24) is 9.62 Å². The summed E-state index contributed by atoms with van der Waals surface area (Å²) in [6.45, 7) is 2.99. The first kappa shape index (κ1) is 15.4. The zero-order chi connectivity index (χ0) is 13.8. The number of nitrogens with zero attached hydrogens (tertiary/aromatic N) is 1. The van der Waals surface area contributed by atoms with E-state index >= 15 is 0 Å². The maximum Gasteiger partial charge on any atom is 0.243 e. The lowest BCUT2D eigenvalue weighted by molar-refractivity contribution is 0.457. The molecule has 0 aliphatic rings. The number of hydrogen-bond acceptors (Lipinski definition) is 3. The Balaban J connectivity index is 2.95. The highest BCUT2D eigenvalue weighted by Crippen LogP contribution is 2.24. The molecule has 0 amide bonds. The van der Waals surface area contributed by atoms with Crippen molar-refractivity contribution in [1.29, 1.82) is 0 Å². The largest absolute Gasteiger partial charge is 0.320 e. The van der Waals surface area contributed by atoms with Crippen LogP contribution < -0.4 is 5.32 Å². The van der Waals surface area contributed by atoms with Crippen LogP contribution in [-0.4, -0.2) is 39.9 Å². The first-order chi connectivity index (χ1) is 8.41. The Morgan fingerprint density at radius 1 is 1.39 bits per heavy atom. The Kier molecular flexibility index (Phi) is 5.59. The third kappa shape index (κ3) is 3.45. The predicted molar refractivity (Wildman–Crippen MR) is 74.5 cm³/mol. The van der Waals surface area contributed by atoms with Gasteiger partial charge in [-0.25, -0.2) is 12.7 Å². The zero-order valence-electron chi connectivity index (χ0n) is 10.9. The van der Waals surface area contributed by atoms with Crippen LogP contribution in [0.1, 0.15) is 12.0 Å². The van der Waals surface area contributed by atoms with Crippen molar-refractivity contribution in [3.63, 3.8) is 0 Å². The van der Waals surface area contributed by atoms with Gasteiger partial charge in [0.2, 0.25) is 10.0 Å². The molecule has 0 spiro atoms. The standard InChI is InChI=1S/C12H19ClN2O2S/c1-10-11(13)6-4-7-12(10)18(16,17)15(3)9-5-8-14-2/h4,6-7,14H,5,8-9H2,1-3H3. The maximum absolute atomic E-state index is 12.3. The molecular weight excluding hydrogens is 272 g/mol. The van der Waals surface area contributed by atoms with Gasteiger partial charge < -0.3 is 5.32 Å². The van der Waals surface area contributed by atoms with Gasteiger partial charge in [-0.2, -0.15) is 0 Å². The van der Waals surface area contributed by atoms with E-state index in [1.807, 2.05) is 7.05 Å². The van der Waals surface area contributed by atoms with E-state index in [1.54, 1.807) is 32.2 Å². The molecule has 0 aliphatic heterocycles. The molecule has 0 bridgehead atoms. The lowest BCUT2D eigenvalue weighted by Crippen LogP contribution is -2.30. The molecule has 1 rings (SSSR count).